The zero-order valence-corrected chi connectivity index (χ0v) is 28.9. The molecule has 9 heteroatoms. The first-order chi connectivity index (χ1) is 23.2. The Morgan fingerprint density at radius 2 is 1.69 bits per heavy atom. The molecule has 1 aliphatic rings. The Bertz CT molecular complexity index is 2400. The molecule has 1 N–H and O–H groups in total. The number of thiazole rings is 1. The van der Waals surface area contributed by atoms with E-state index in [1.165, 1.54) is 16.9 Å². The van der Waals surface area contributed by atoms with Gasteiger partial charge in [-0.25, -0.2) is 4.99 Å². The fraction of sp³-hybridized carbons (Fsp3) is 0.154. The molecule has 0 saturated carbocycles. The molecule has 0 aliphatic carbocycles. The van der Waals surface area contributed by atoms with Crippen LogP contribution in [0.3, 0.4) is 0 Å². The van der Waals surface area contributed by atoms with Crippen molar-refractivity contribution in [2.45, 2.75) is 39.3 Å². The van der Waals surface area contributed by atoms with Crippen molar-refractivity contribution in [1.82, 2.24) is 9.13 Å². The Balaban J connectivity index is 1.35. The summed E-state index contributed by atoms with van der Waals surface area (Å²) in [6, 6.07) is 30.6. The van der Waals surface area contributed by atoms with Gasteiger partial charge in [-0.3, -0.25) is 14.2 Å². The van der Waals surface area contributed by atoms with Crippen LogP contribution in [0.5, 0.6) is 0 Å². The molecule has 6 aromatic rings. The van der Waals surface area contributed by atoms with Crippen LogP contribution in [0.2, 0.25) is 10.0 Å². The van der Waals surface area contributed by atoms with Crippen molar-refractivity contribution in [2.75, 3.05) is 5.32 Å². The Hall–Kier alpha value is -4.69. The largest absolute Gasteiger partial charge is 0.342 e. The smallest absolute Gasteiger partial charge is 0.271 e. The van der Waals surface area contributed by atoms with Crippen molar-refractivity contribution in [3.8, 4) is 0 Å². The molecule has 2 aromatic heterocycles. The molecule has 3 heterocycles. The molecule has 0 saturated heterocycles. The molecule has 0 bridgehead atoms. The second-order valence-corrected chi connectivity index (χ2v) is 14.0. The second kappa shape index (κ2) is 13.1. The van der Waals surface area contributed by atoms with E-state index < -0.39 is 6.04 Å². The van der Waals surface area contributed by atoms with Crippen LogP contribution in [0.25, 0.3) is 17.0 Å². The van der Waals surface area contributed by atoms with Crippen LogP contribution in [0.15, 0.2) is 124 Å². The second-order valence-electron chi connectivity index (χ2n) is 12.2. The summed E-state index contributed by atoms with van der Waals surface area (Å²) >= 11 is 13.8. The molecule has 48 heavy (non-hydrogen) atoms. The van der Waals surface area contributed by atoms with E-state index in [1.807, 2.05) is 79.7 Å². The number of hydrogen-bond donors (Lipinski definition) is 1. The van der Waals surface area contributed by atoms with E-state index in [0.29, 0.717) is 48.8 Å². The summed E-state index contributed by atoms with van der Waals surface area (Å²) in [5.74, 6) is 0.0537. The Morgan fingerprint density at radius 1 is 0.958 bits per heavy atom. The van der Waals surface area contributed by atoms with Gasteiger partial charge in [-0.15, -0.1) is 0 Å². The molecule has 1 aliphatic heterocycles. The number of amides is 1. The Morgan fingerprint density at radius 3 is 2.42 bits per heavy atom. The highest BCUT2D eigenvalue weighted by Gasteiger charge is 2.32. The van der Waals surface area contributed by atoms with Gasteiger partial charge >= 0.3 is 0 Å². The van der Waals surface area contributed by atoms with Crippen molar-refractivity contribution >= 4 is 63.1 Å². The maximum absolute atomic E-state index is 14.4. The average molecular weight is 692 g/mol. The van der Waals surface area contributed by atoms with E-state index in [9.17, 15) is 9.59 Å². The highest BCUT2D eigenvalue weighted by Crippen LogP contribution is 2.32. The highest BCUT2D eigenvalue weighted by molar-refractivity contribution is 7.07. The van der Waals surface area contributed by atoms with Gasteiger partial charge in [0.15, 0.2) is 4.80 Å². The average Bonchev–Trinajstić information content (AvgIpc) is 3.58. The number of aromatic nitrogens is 2. The first kappa shape index (κ1) is 31.9. The predicted octanol–water partition coefficient (Wildman–Crippen LogP) is 8.31. The number of nitrogens with zero attached hydrogens (tertiary/aromatic N) is 3. The van der Waals surface area contributed by atoms with Crippen LogP contribution in [0, 0.1) is 0 Å². The van der Waals surface area contributed by atoms with E-state index in [0.717, 1.165) is 27.6 Å². The SMILES string of the molecule is CC1=C(C(=O)Nc2ccccc2)[C@@H](c2ccc(C(C)C)cc2)n2c(s/c(=C/c3cn(Cc4ccc(Cl)c(Cl)c4)c4ccccc34)c2=O)=N1. The lowest BCUT2D eigenvalue weighted by atomic mass is 9.93. The minimum atomic E-state index is -0.649. The Labute approximate surface area is 291 Å². The summed E-state index contributed by atoms with van der Waals surface area (Å²) in [6.45, 7) is 6.70. The quantitative estimate of drug-likeness (QED) is 0.183. The summed E-state index contributed by atoms with van der Waals surface area (Å²) in [7, 11) is 0. The van der Waals surface area contributed by atoms with Gasteiger partial charge in [-0.2, -0.15) is 0 Å². The van der Waals surface area contributed by atoms with E-state index >= 15 is 0 Å². The van der Waals surface area contributed by atoms with Gasteiger partial charge in [0.1, 0.15) is 0 Å². The molecular formula is C39H32Cl2N4O2S. The lowest BCUT2D eigenvalue weighted by molar-refractivity contribution is -0.113. The van der Waals surface area contributed by atoms with Gasteiger partial charge in [0.25, 0.3) is 11.5 Å². The summed E-state index contributed by atoms with van der Waals surface area (Å²) in [5.41, 5.74) is 6.46. The van der Waals surface area contributed by atoms with Crippen LogP contribution in [-0.4, -0.2) is 15.0 Å². The topological polar surface area (TPSA) is 68.4 Å². The molecular weight excluding hydrogens is 659 g/mol. The van der Waals surface area contributed by atoms with Crippen LogP contribution in [-0.2, 0) is 11.3 Å². The van der Waals surface area contributed by atoms with E-state index in [-0.39, 0.29) is 11.5 Å². The number of para-hydroxylation sites is 2. The molecule has 0 fully saturated rings. The first-order valence-electron chi connectivity index (χ1n) is 15.7. The summed E-state index contributed by atoms with van der Waals surface area (Å²) < 4.78 is 4.35. The van der Waals surface area contributed by atoms with Gasteiger partial charge < -0.3 is 9.88 Å². The number of halogens is 2. The van der Waals surface area contributed by atoms with Crippen LogP contribution in [0.4, 0.5) is 5.69 Å². The monoisotopic (exact) mass is 690 g/mol. The van der Waals surface area contributed by atoms with Gasteiger partial charge in [0, 0.05) is 34.9 Å². The number of anilines is 1. The van der Waals surface area contributed by atoms with Crippen molar-refractivity contribution in [3.63, 3.8) is 0 Å². The fourth-order valence-electron chi connectivity index (χ4n) is 6.21. The van der Waals surface area contributed by atoms with E-state index in [4.69, 9.17) is 28.2 Å². The summed E-state index contributed by atoms with van der Waals surface area (Å²) in [6.07, 6.45) is 3.98. The van der Waals surface area contributed by atoms with Crippen LogP contribution in [0.1, 0.15) is 55.0 Å². The van der Waals surface area contributed by atoms with Gasteiger partial charge in [0.2, 0.25) is 0 Å². The third-order valence-electron chi connectivity index (χ3n) is 8.66. The first-order valence-corrected chi connectivity index (χ1v) is 17.3. The van der Waals surface area contributed by atoms with Gasteiger partial charge in [-0.05, 0) is 65.9 Å². The molecule has 6 nitrogen and oxygen atoms in total. The lowest BCUT2D eigenvalue weighted by Gasteiger charge is -2.25. The molecule has 0 radical (unpaired) electrons. The van der Waals surface area contributed by atoms with Crippen molar-refractivity contribution in [2.24, 2.45) is 4.99 Å². The molecule has 1 atom stereocenters. The summed E-state index contributed by atoms with van der Waals surface area (Å²) in [5, 5.41) is 5.06. The molecule has 0 spiro atoms. The van der Waals surface area contributed by atoms with Crippen LogP contribution >= 0.6 is 34.5 Å². The highest BCUT2D eigenvalue weighted by atomic mass is 35.5. The van der Waals surface area contributed by atoms with E-state index in [1.54, 1.807) is 10.6 Å². The maximum Gasteiger partial charge on any atom is 0.271 e. The number of carbonyl (C=O) groups is 1. The number of nitrogens with one attached hydrogen (secondary N) is 1. The third-order valence-corrected chi connectivity index (χ3v) is 10.4. The number of hydrogen-bond acceptors (Lipinski definition) is 4. The van der Waals surface area contributed by atoms with E-state index in [2.05, 4.69) is 54.2 Å². The van der Waals surface area contributed by atoms with Gasteiger partial charge in [0.05, 0.1) is 31.9 Å². The fourth-order valence-corrected chi connectivity index (χ4v) is 7.57. The number of carbonyl (C=O) groups excluding carboxylic acids is 1. The number of rotatable bonds is 7. The minimum Gasteiger partial charge on any atom is -0.342 e. The van der Waals surface area contributed by atoms with Gasteiger partial charge in [-0.1, -0.05) is 115 Å². The normalized spacial score (nSPS) is 14.8. The molecule has 240 valence electrons. The zero-order chi connectivity index (χ0) is 33.5. The third kappa shape index (κ3) is 6.05. The van der Waals surface area contributed by atoms with Crippen LogP contribution < -0.4 is 20.2 Å². The standard InChI is InChI=1S/C39H32Cl2N4O2S/c1-23(2)26-14-16-27(17-15-26)36-35(37(46)43-29-9-5-4-6-10-29)24(3)42-39-45(36)38(47)34(48-39)20-28-22-44(33-12-8-7-11-30(28)33)21-25-13-18-31(40)32(41)19-25/h4-20,22-23,36H,21H2,1-3H3,(H,43,46)/b34-20+/t36-/m1/s1. The number of fused-ring (bicyclic) bond motifs is 2. The Kier molecular flexibility index (Phi) is 8.69. The number of benzene rings is 4. The van der Waals surface area contributed by atoms with Crippen molar-refractivity contribution in [3.05, 3.63) is 167 Å². The lowest BCUT2D eigenvalue weighted by Crippen LogP contribution is -2.40. The summed E-state index contributed by atoms with van der Waals surface area (Å²) in [4.78, 5) is 33.7. The maximum atomic E-state index is 14.4. The minimum absolute atomic E-state index is 0.199. The molecule has 4 aromatic carbocycles. The van der Waals surface area contributed by atoms with Crippen molar-refractivity contribution in [1.29, 1.82) is 0 Å². The van der Waals surface area contributed by atoms with Crippen molar-refractivity contribution < 1.29 is 4.79 Å². The zero-order valence-electron chi connectivity index (χ0n) is 26.6. The number of allylic oxidation sites excluding steroid dienone is 1. The molecule has 0 unspecified atom stereocenters. The molecule has 7 rings (SSSR count). The molecule has 1 amide bonds. The predicted molar refractivity (Wildman–Crippen MR) is 197 cm³/mol.